The Kier molecular flexibility index (Phi) is 3.10. The Morgan fingerprint density at radius 1 is 1.50 bits per heavy atom. The van der Waals surface area contributed by atoms with Crippen LogP contribution in [-0.2, 0) is 4.79 Å². The van der Waals surface area contributed by atoms with E-state index in [-0.39, 0.29) is 5.78 Å². The molecule has 1 aliphatic heterocycles. The fourth-order valence-electron chi connectivity index (χ4n) is 1.92. The molecule has 1 aliphatic rings. The number of ketones is 1. The Hall–Kier alpha value is 0.0600. The topological polar surface area (TPSA) is 40.5 Å². The van der Waals surface area contributed by atoms with Gasteiger partial charge in [-0.3, -0.25) is 4.79 Å². The molecule has 0 fully saturated rings. The van der Waals surface area contributed by atoms with Crippen LogP contribution in [0.25, 0.3) is 0 Å². The first-order valence-electron chi connectivity index (χ1n) is 4.55. The lowest BCUT2D eigenvalue weighted by Crippen LogP contribution is -2.48. The smallest absolute Gasteiger partial charge is 0.170 e. The van der Waals surface area contributed by atoms with Crippen LogP contribution < -0.4 is 0 Å². The highest BCUT2D eigenvalue weighted by Gasteiger charge is 2.47. The summed E-state index contributed by atoms with van der Waals surface area (Å²) >= 11 is 2.05. The molecule has 1 heterocycles. The van der Waals surface area contributed by atoms with Crippen molar-refractivity contribution in [2.24, 2.45) is 0 Å². The lowest BCUT2D eigenvalue weighted by molar-refractivity contribution is -0.185. The van der Waals surface area contributed by atoms with E-state index in [1.807, 2.05) is 56.4 Å². The molecule has 0 spiro atoms. The average Bonchev–Trinajstić information content (AvgIpc) is 2.25. The molecule has 1 rings (SSSR count). The van der Waals surface area contributed by atoms with Gasteiger partial charge in [-0.2, -0.15) is 5.06 Å². The molecular weight excluding hydrogens is 293 g/mol. The molecule has 0 saturated carbocycles. The first kappa shape index (κ1) is 12.1. The predicted molar refractivity (Wildman–Crippen MR) is 63.8 cm³/mol. The van der Waals surface area contributed by atoms with Crippen molar-refractivity contribution in [1.29, 1.82) is 0 Å². The number of hydrogen-bond donors (Lipinski definition) is 1. The van der Waals surface area contributed by atoms with Crippen molar-refractivity contribution in [3.63, 3.8) is 0 Å². The predicted octanol–water partition coefficient (Wildman–Crippen LogP) is 2.18. The van der Waals surface area contributed by atoms with Gasteiger partial charge < -0.3 is 5.21 Å². The summed E-state index contributed by atoms with van der Waals surface area (Å²) in [5.74, 6) is 0.0974. The van der Waals surface area contributed by atoms with E-state index in [0.717, 1.165) is 0 Å². The normalized spacial score (nSPS) is 24.9. The minimum absolute atomic E-state index is 0.0974. The van der Waals surface area contributed by atoms with Gasteiger partial charge in [-0.15, -0.1) is 0 Å². The van der Waals surface area contributed by atoms with Gasteiger partial charge in [-0.05, 0) is 27.7 Å². The summed E-state index contributed by atoms with van der Waals surface area (Å²) in [6, 6.07) is 0. The number of hydrogen-bond acceptors (Lipinski definition) is 3. The van der Waals surface area contributed by atoms with E-state index in [9.17, 15) is 10.0 Å². The van der Waals surface area contributed by atoms with E-state index < -0.39 is 11.1 Å². The molecule has 0 amide bonds. The standard InChI is InChI=1S/C10H16INO2/c1-9(2)5-7(8(13)6-11)10(3,4)12(9)14/h5,14H,6H2,1-4H3. The monoisotopic (exact) mass is 309 g/mol. The van der Waals surface area contributed by atoms with Crippen LogP contribution in [0.4, 0.5) is 0 Å². The van der Waals surface area contributed by atoms with Gasteiger partial charge in [-0.1, -0.05) is 28.7 Å². The summed E-state index contributed by atoms with van der Waals surface area (Å²) in [5, 5.41) is 11.2. The summed E-state index contributed by atoms with van der Waals surface area (Å²) in [6.07, 6.45) is 1.86. The van der Waals surface area contributed by atoms with Crippen LogP contribution in [0.15, 0.2) is 11.6 Å². The number of carbonyl (C=O) groups excluding carboxylic acids is 1. The summed E-state index contributed by atoms with van der Waals surface area (Å²) in [4.78, 5) is 11.6. The van der Waals surface area contributed by atoms with Gasteiger partial charge in [0.05, 0.1) is 15.5 Å². The third-order valence-corrected chi connectivity index (χ3v) is 3.35. The Morgan fingerprint density at radius 2 is 2.00 bits per heavy atom. The number of hydroxylamine groups is 2. The lowest BCUT2D eigenvalue weighted by atomic mass is 9.94. The van der Waals surface area contributed by atoms with Crippen LogP contribution in [0.3, 0.4) is 0 Å². The number of Topliss-reactive ketones (excluding diaryl/α,β-unsaturated/α-hetero) is 1. The van der Waals surface area contributed by atoms with Crippen molar-refractivity contribution >= 4 is 28.4 Å². The minimum Gasteiger partial charge on any atom is -0.312 e. The van der Waals surface area contributed by atoms with Crippen LogP contribution in [-0.4, -0.2) is 31.6 Å². The first-order chi connectivity index (χ1) is 6.23. The Morgan fingerprint density at radius 3 is 2.29 bits per heavy atom. The molecular formula is C10H16INO2. The van der Waals surface area contributed by atoms with Gasteiger partial charge >= 0.3 is 0 Å². The summed E-state index contributed by atoms with van der Waals surface area (Å²) < 4.78 is 0.455. The van der Waals surface area contributed by atoms with E-state index >= 15 is 0 Å². The molecule has 0 aromatic carbocycles. The molecule has 0 aliphatic carbocycles. The highest BCUT2D eigenvalue weighted by atomic mass is 127. The van der Waals surface area contributed by atoms with E-state index in [4.69, 9.17) is 0 Å². The third-order valence-electron chi connectivity index (χ3n) is 2.65. The van der Waals surface area contributed by atoms with Crippen molar-refractivity contribution in [2.45, 2.75) is 38.8 Å². The highest BCUT2D eigenvalue weighted by Crippen LogP contribution is 2.38. The van der Waals surface area contributed by atoms with Gasteiger partial charge in [0.25, 0.3) is 0 Å². The van der Waals surface area contributed by atoms with Gasteiger partial charge in [0.1, 0.15) is 0 Å². The lowest BCUT2D eigenvalue weighted by Gasteiger charge is -2.35. The quantitative estimate of drug-likeness (QED) is 0.628. The Balaban J connectivity index is 3.13. The van der Waals surface area contributed by atoms with Crippen molar-refractivity contribution in [3.8, 4) is 0 Å². The fraction of sp³-hybridized carbons (Fsp3) is 0.700. The molecule has 1 N–H and O–H groups in total. The first-order valence-corrected chi connectivity index (χ1v) is 6.08. The van der Waals surface area contributed by atoms with Gasteiger partial charge in [-0.25, -0.2) is 0 Å². The molecule has 14 heavy (non-hydrogen) atoms. The second-order valence-corrected chi connectivity index (χ2v) is 5.40. The van der Waals surface area contributed by atoms with Gasteiger partial charge in [0.2, 0.25) is 0 Å². The highest BCUT2D eigenvalue weighted by molar-refractivity contribution is 14.1. The van der Waals surface area contributed by atoms with E-state index in [1.54, 1.807) is 0 Å². The summed E-state index contributed by atoms with van der Waals surface area (Å²) in [5.41, 5.74) is -0.328. The second kappa shape index (κ2) is 3.57. The number of alkyl halides is 1. The van der Waals surface area contributed by atoms with Gasteiger partial charge in [0.15, 0.2) is 5.78 Å². The maximum Gasteiger partial charge on any atom is 0.170 e. The maximum absolute atomic E-state index is 11.6. The molecule has 80 valence electrons. The Labute approximate surface area is 98.3 Å². The van der Waals surface area contributed by atoms with Crippen molar-refractivity contribution in [1.82, 2.24) is 5.06 Å². The van der Waals surface area contributed by atoms with E-state index in [2.05, 4.69) is 0 Å². The molecule has 3 nitrogen and oxygen atoms in total. The van der Waals surface area contributed by atoms with Crippen LogP contribution in [0.1, 0.15) is 27.7 Å². The zero-order valence-corrected chi connectivity index (χ0v) is 11.1. The number of nitrogens with zero attached hydrogens (tertiary/aromatic N) is 1. The largest absolute Gasteiger partial charge is 0.312 e. The van der Waals surface area contributed by atoms with Crippen LogP contribution >= 0.6 is 22.6 Å². The van der Waals surface area contributed by atoms with Crippen molar-refractivity contribution in [3.05, 3.63) is 11.6 Å². The van der Waals surface area contributed by atoms with Crippen LogP contribution in [0.2, 0.25) is 0 Å². The number of halogens is 1. The number of carbonyl (C=O) groups is 1. The summed E-state index contributed by atoms with van der Waals surface area (Å²) in [6.45, 7) is 7.50. The molecule has 0 saturated heterocycles. The molecule has 0 aromatic heterocycles. The maximum atomic E-state index is 11.6. The summed E-state index contributed by atoms with van der Waals surface area (Å²) in [7, 11) is 0. The average molecular weight is 309 g/mol. The SMILES string of the molecule is CC1(C)C=C(C(=O)CI)C(C)(C)N1O. The fourth-order valence-corrected chi connectivity index (χ4v) is 2.33. The zero-order chi connectivity index (χ0) is 11.1. The molecule has 4 heteroatoms. The third kappa shape index (κ3) is 1.75. The molecule has 0 aromatic rings. The molecule has 0 radical (unpaired) electrons. The molecule has 0 unspecified atom stereocenters. The minimum atomic E-state index is -0.578. The van der Waals surface area contributed by atoms with Crippen molar-refractivity contribution in [2.75, 3.05) is 4.43 Å². The molecule has 0 bridgehead atoms. The van der Waals surface area contributed by atoms with E-state index in [0.29, 0.717) is 10.0 Å². The second-order valence-electron chi connectivity index (χ2n) is 4.64. The van der Waals surface area contributed by atoms with E-state index in [1.165, 1.54) is 5.06 Å². The van der Waals surface area contributed by atoms with Crippen molar-refractivity contribution < 1.29 is 10.0 Å². The van der Waals surface area contributed by atoms with Crippen LogP contribution in [0, 0.1) is 0 Å². The van der Waals surface area contributed by atoms with Crippen LogP contribution in [0.5, 0.6) is 0 Å². The molecule has 0 atom stereocenters. The zero-order valence-electron chi connectivity index (χ0n) is 8.97. The van der Waals surface area contributed by atoms with Gasteiger partial charge in [0, 0.05) is 5.57 Å². The number of rotatable bonds is 2. The Bertz CT molecular complexity index is 294.